The van der Waals surface area contributed by atoms with Crippen LogP contribution >= 0.6 is 0 Å². The average molecular weight is 356 g/mol. The Morgan fingerprint density at radius 3 is 1.65 bits per heavy atom. The van der Waals surface area contributed by atoms with E-state index in [0.29, 0.717) is 0 Å². The monoisotopic (exact) mass is 356 g/mol. The zero-order valence-corrected chi connectivity index (χ0v) is 13.0. The Hall–Kier alpha value is -3.94. The van der Waals surface area contributed by atoms with E-state index in [-0.39, 0.29) is 33.4 Å². The highest BCUT2D eigenvalue weighted by Crippen LogP contribution is 2.21. The van der Waals surface area contributed by atoms with Gasteiger partial charge in [0.15, 0.2) is 0 Å². The van der Waals surface area contributed by atoms with Gasteiger partial charge in [0, 0.05) is 5.56 Å². The minimum Gasteiger partial charge on any atom is -0.478 e. The molecule has 0 heterocycles. The maximum Gasteiger partial charge on any atom is 0.336 e. The van der Waals surface area contributed by atoms with Crippen LogP contribution in [0.5, 0.6) is 0 Å². The molecule has 0 aliphatic carbocycles. The molecule has 0 aromatic heterocycles. The predicted molar refractivity (Wildman–Crippen MR) is 89.6 cm³/mol. The first-order valence-corrected chi connectivity index (χ1v) is 7.10. The first-order chi connectivity index (χ1) is 12.2. The summed E-state index contributed by atoms with van der Waals surface area (Å²) in [5.74, 6) is -5.30. The Labute approximate surface area is 146 Å². The van der Waals surface area contributed by atoms with Gasteiger partial charge in [-0.15, -0.1) is 0 Å². The molecule has 4 N–H and O–H groups in total. The Morgan fingerprint density at radius 2 is 1.19 bits per heavy atom. The number of carbonyl (C=O) groups is 4. The van der Waals surface area contributed by atoms with Crippen LogP contribution in [0, 0.1) is 0 Å². The highest BCUT2D eigenvalue weighted by atomic mass is 16.4. The lowest BCUT2D eigenvalue weighted by Crippen LogP contribution is -2.07. The first-order valence-electron chi connectivity index (χ1n) is 7.10. The van der Waals surface area contributed by atoms with E-state index in [1.54, 1.807) is 0 Å². The topological polar surface area (TPSA) is 149 Å². The van der Waals surface area contributed by atoms with E-state index in [4.69, 9.17) is 5.11 Å². The van der Waals surface area contributed by atoms with Crippen molar-refractivity contribution >= 4 is 36.0 Å². The summed E-state index contributed by atoms with van der Waals surface area (Å²) in [6.07, 6.45) is 2.31. The third-order valence-electron chi connectivity index (χ3n) is 3.53. The summed E-state index contributed by atoms with van der Waals surface area (Å²) in [7, 11) is 0. The number of hydrogen-bond acceptors (Lipinski definition) is 4. The molecular weight excluding hydrogens is 344 g/mol. The molecule has 0 saturated carbocycles. The molecule has 2 aromatic carbocycles. The fourth-order valence-corrected chi connectivity index (χ4v) is 2.32. The molecule has 0 amide bonds. The molecule has 0 aliphatic heterocycles. The first kappa shape index (κ1) is 18.4. The van der Waals surface area contributed by atoms with Gasteiger partial charge in [0.05, 0.1) is 22.3 Å². The summed E-state index contributed by atoms with van der Waals surface area (Å²) >= 11 is 0. The number of benzene rings is 2. The van der Waals surface area contributed by atoms with Crippen LogP contribution in [-0.4, -0.2) is 44.3 Å². The standard InChI is InChI=1S/C18H12O8/c19-15(20)10-5-6-11(16(21)22)9(8-10)4-7-12-13(17(23)24)2-1-3-14(12)18(25)26/h1-8H,(H,19,20)(H,21,22)(H,23,24)(H,25,26)/b7-4+. The lowest BCUT2D eigenvalue weighted by molar-refractivity contribution is 0.0681. The van der Waals surface area contributed by atoms with Crippen LogP contribution in [0.15, 0.2) is 36.4 Å². The molecule has 8 heteroatoms. The molecular formula is C18H12O8. The summed E-state index contributed by atoms with van der Waals surface area (Å²) in [5.41, 5.74) is -1.09. The molecule has 0 aliphatic rings. The van der Waals surface area contributed by atoms with Crippen molar-refractivity contribution in [1.82, 2.24) is 0 Å². The van der Waals surface area contributed by atoms with E-state index in [0.717, 1.165) is 24.3 Å². The molecule has 2 rings (SSSR count). The van der Waals surface area contributed by atoms with Crippen molar-refractivity contribution in [2.75, 3.05) is 0 Å². The molecule has 26 heavy (non-hydrogen) atoms. The van der Waals surface area contributed by atoms with Crippen LogP contribution < -0.4 is 0 Å². The minimum atomic E-state index is -1.36. The number of hydrogen-bond donors (Lipinski definition) is 4. The van der Waals surface area contributed by atoms with Gasteiger partial charge in [-0.1, -0.05) is 18.2 Å². The number of aromatic carboxylic acids is 4. The Kier molecular flexibility index (Phi) is 5.17. The highest BCUT2D eigenvalue weighted by Gasteiger charge is 2.17. The summed E-state index contributed by atoms with van der Waals surface area (Å²) in [5, 5.41) is 36.7. The molecule has 0 radical (unpaired) electrons. The Bertz CT molecular complexity index is 923. The van der Waals surface area contributed by atoms with Gasteiger partial charge in [0.2, 0.25) is 0 Å². The zero-order valence-electron chi connectivity index (χ0n) is 13.0. The van der Waals surface area contributed by atoms with Crippen molar-refractivity contribution in [3.63, 3.8) is 0 Å². The van der Waals surface area contributed by atoms with Crippen LogP contribution in [0.25, 0.3) is 12.2 Å². The normalized spacial score (nSPS) is 10.6. The van der Waals surface area contributed by atoms with E-state index in [2.05, 4.69) is 0 Å². The van der Waals surface area contributed by atoms with Gasteiger partial charge in [-0.25, -0.2) is 19.2 Å². The summed E-state index contributed by atoms with van der Waals surface area (Å²) in [6.45, 7) is 0. The number of carboxylic acid groups (broad SMARTS) is 4. The van der Waals surface area contributed by atoms with Crippen LogP contribution in [-0.2, 0) is 0 Å². The molecule has 0 atom stereocenters. The average Bonchev–Trinajstić information content (AvgIpc) is 2.58. The van der Waals surface area contributed by atoms with E-state index < -0.39 is 23.9 Å². The van der Waals surface area contributed by atoms with Gasteiger partial charge in [0.25, 0.3) is 0 Å². The Balaban J connectivity index is 2.65. The molecule has 0 unspecified atom stereocenters. The lowest BCUT2D eigenvalue weighted by Gasteiger charge is -2.07. The van der Waals surface area contributed by atoms with E-state index in [9.17, 15) is 34.5 Å². The van der Waals surface area contributed by atoms with Crippen LogP contribution in [0.4, 0.5) is 0 Å². The molecule has 0 fully saturated rings. The molecule has 132 valence electrons. The summed E-state index contributed by atoms with van der Waals surface area (Å²) < 4.78 is 0. The van der Waals surface area contributed by atoms with Crippen LogP contribution in [0.1, 0.15) is 52.6 Å². The van der Waals surface area contributed by atoms with E-state index >= 15 is 0 Å². The maximum absolute atomic E-state index is 11.3. The van der Waals surface area contributed by atoms with Crippen molar-refractivity contribution in [2.24, 2.45) is 0 Å². The smallest absolute Gasteiger partial charge is 0.336 e. The zero-order chi connectivity index (χ0) is 19.4. The second-order valence-electron chi connectivity index (χ2n) is 5.12. The van der Waals surface area contributed by atoms with Gasteiger partial charge in [0.1, 0.15) is 0 Å². The lowest BCUT2D eigenvalue weighted by atomic mass is 9.98. The van der Waals surface area contributed by atoms with Crippen molar-refractivity contribution < 1.29 is 39.6 Å². The molecule has 0 spiro atoms. The quantitative estimate of drug-likeness (QED) is 0.577. The third kappa shape index (κ3) is 3.75. The maximum atomic E-state index is 11.3. The summed E-state index contributed by atoms with van der Waals surface area (Å²) in [4.78, 5) is 45.0. The van der Waals surface area contributed by atoms with Crippen molar-refractivity contribution in [3.8, 4) is 0 Å². The fourth-order valence-electron chi connectivity index (χ4n) is 2.32. The largest absolute Gasteiger partial charge is 0.478 e. The van der Waals surface area contributed by atoms with E-state index in [1.807, 2.05) is 0 Å². The van der Waals surface area contributed by atoms with Crippen molar-refractivity contribution in [2.45, 2.75) is 0 Å². The molecule has 8 nitrogen and oxygen atoms in total. The minimum absolute atomic E-state index is 0.00562. The van der Waals surface area contributed by atoms with Crippen molar-refractivity contribution in [1.29, 1.82) is 0 Å². The van der Waals surface area contributed by atoms with Crippen LogP contribution in [0.3, 0.4) is 0 Å². The molecule has 0 bridgehead atoms. The van der Waals surface area contributed by atoms with Crippen LogP contribution in [0.2, 0.25) is 0 Å². The SMILES string of the molecule is O=C(O)c1ccc(C(=O)O)c(/C=C/c2c(C(=O)O)cccc2C(=O)O)c1. The van der Waals surface area contributed by atoms with Crippen molar-refractivity contribution in [3.05, 3.63) is 69.8 Å². The third-order valence-corrected chi connectivity index (χ3v) is 3.53. The highest BCUT2D eigenvalue weighted by molar-refractivity contribution is 6.02. The van der Waals surface area contributed by atoms with Gasteiger partial charge in [-0.3, -0.25) is 0 Å². The van der Waals surface area contributed by atoms with Gasteiger partial charge in [-0.05, 0) is 35.9 Å². The molecule has 2 aromatic rings. The van der Waals surface area contributed by atoms with Gasteiger partial charge in [-0.2, -0.15) is 0 Å². The molecule has 0 saturated heterocycles. The number of carboxylic acids is 4. The second-order valence-corrected chi connectivity index (χ2v) is 5.12. The van der Waals surface area contributed by atoms with Gasteiger partial charge < -0.3 is 20.4 Å². The number of rotatable bonds is 6. The van der Waals surface area contributed by atoms with Gasteiger partial charge >= 0.3 is 23.9 Å². The predicted octanol–water partition coefficient (Wildman–Crippen LogP) is 2.65. The van der Waals surface area contributed by atoms with E-state index in [1.165, 1.54) is 24.3 Å². The fraction of sp³-hybridized carbons (Fsp3) is 0. The summed E-state index contributed by atoms with van der Waals surface area (Å²) in [6, 6.07) is 7.02. The Morgan fingerprint density at radius 1 is 0.654 bits per heavy atom. The second kappa shape index (κ2) is 7.31.